The first-order valence-corrected chi connectivity index (χ1v) is 7.82. The lowest BCUT2D eigenvalue weighted by Gasteiger charge is -2.19. The molecule has 2 N–H and O–H groups in total. The zero-order valence-electron chi connectivity index (χ0n) is 11.2. The van der Waals surface area contributed by atoms with Gasteiger partial charge in [-0.1, -0.05) is 32.0 Å². The van der Waals surface area contributed by atoms with Crippen LogP contribution in [0.2, 0.25) is 0 Å². The molecular formula is C13H20FNO3S. The van der Waals surface area contributed by atoms with E-state index in [1.54, 1.807) is 18.2 Å². The predicted octanol–water partition coefficient (Wildman–Crippen LogP) is 1.90. The molecule has 0 aliphatic rings. The van der Waals surface area contributed by atoms with E-state index in [1.165, 1.54) is 6.07 Å². The quantitative estimate of drug-likeness (QED) is 0.833. The molecule has 1 aromatic rings. The van der Waals surface area contributed by atoms with Crippen molar-refractivity contribution in [2.75, 3.05) is 12.4 Å². The summed E-state index contributed by atoms with van der Waals surface area (Å²) in [6.45, 7) is 4.17. The first-order valence-electron chi connectivity index (χ1n) is 6.11. The molecule has 108 valence electrons. The minimum absolute atomic E-state index is 0.123. The van der Waals surface area contributed by atoms with Gasteiger partial charge in [0.1, 0.15) is 5.82 Å². The number of benzene rings is 1. The lowest BCUT2D eigenvalue weighted by molar-refractivity contribution is 0.0773. The molecule has 4 nitrogen and oxygen atoms in total. The number of sulfonamides is 1. The normalized spacial score (nSPS) is 13.7. The number of primary sulfonamides is 1. The van der Waals surface area contributed by atoms with E-state index in [0.717, 1.165) is 0 Å². The van der Waals surface area contributed by atoms with Crippen LogP contribution in [0.4, 0.5) is 4.39 Å². The molecule has 19 heavy (non-hydrogen) atoms. The highest BCUT2D eigenvalue weighted by atomic mass is 32.2. The Balaban J connectivity index is 2.52. The van der Waals surface area contributed by atoms with E-state index < -0.39 is 10.0 Å². The van der Waals surface area contributed by atoms with Gasteiger partial charge in [0.15, 0.2) is 0 Å². The van der Waals surface area contributed by atoms with Crippen molar-refractivity contribution >= 4 is 10.0 Å². The van der Waals surface area contributed by atoms with Gasteiger partial charge in [0.25, 0.3) is 0 Å². The van der Waals surface area contributed by atoms with Crippen molar-refractivity contribution in [1.82, 2.24) is 0 Å². The van der Waals surface area contributed by atoms with Crippen molar-refractivity contribution in [2.24, 2.45) is 17.0 Å². The van der Waals surface area contributed by atoms with Crippen molar-refractivity contribution in [3.8, 4) is 0 Å². The van der Waals surface area contributed by atoms with Gasteiger partial charge in [-0.05, 0) is 17.9 Å². The molecular weight excluding hydrogens is 269 g/mol. The van der Waals surface area contributed by atoms with E-state index >= 15 is 0 Å². The summed E-state index contributed by atoms with van der Waals surface area (Å²) in [5, 5.41) is 5.04. The van der Waals surface area contributed by atoms with Gasteiger partial charge in [-0.2, -0.15) is 0 Å². The number of nitrogens with two attached hydrogens (primary N) is 1. The topological polar surface area (TPSA) is 69.4 Å². The van der Waals surface area contributed by atoms with Crippen molar-refractivity contribution in [3.63, 3.8) is 0 Å². The molecule has 0 bridgehead atoms. The molecule has 1 aromatic carbocycles. The van der Waals surface area contributed by atoms with Crippen molar-refractivity contribution in [3.05, 3.63) is 35.6 Å². The Labute approximate surface area is 113 Å². The highest BCUT2D eigenvalue weighted by molar-refractivity contribution is 7.89. The summed E-state index contributed by atoms with van der Waals surface area (Å²) in [5.41, 5.74) is 0.459. The third-order valence-corrected chi connectivity index (χ3v) is 3.83. The second-order valence-corrected chi connectivity index (χ2v) is 6.60. The molecule has 1 unspecified atom stereocenters. The second-order valence-electron chi connectivity index (χ2n) is 4.94. The van der Waals surface area contributed by atoms with Crippen LogP contribution in [-0.2, 0) is 21.4 Å². The Morgan fingerprint density at radius 1 is 1.32 bits per heavy atom. The van der Waals surface area contributed by atoms with Gasteiger partial charge in [0.05, 0.1) is 19.0 Å². The average Bonchev–Trinajstić information content (AvgIpc) is 2.28. The second kappa shape index (κ2) is 6.98. The van der Waals surface area contributed by atoms with Crippen LogP contribution in [0.3, 0.4) is 0 Å². The molecule has 0 heterocycles. The van der Waals surface area contributed by atoms with Gasteiger partial charge >= 0.3 is 0 Å². The van der Waals surface area contributed by atoms with E-state index in [1.807, 2.05) is 13.8 Å². The van der Waals surface area contributed by atoms with Crippen LogP contribution in [0.5, 0.6) is 0 Å². The molecule has 0 fully saturated rings. The summed E-state index contributed by atoms with van der Waals surface area (Å²) >= 11 is 0. The Morgan fingerprint density at radius 3 is 2.47 bits per heavy atom. The van der Waals surface area contributed by atoms with Gasteiger partial charge in [-0.15, -0.1) is 0 Å². The van der Waals surface area contributed by atoms with Crippen LogP contribution >= 0.6 is 0 Å². The van der Waals surface area contributed by atoms with E-state index in [0.29, 0.717) is 5.56 Å². The first-order chi connectivity index (χ1) is 8.79. The third-order valence-electron chi connectivity index (χ3n) is 2.94. The molecule has 0 aliphatic carbocycles. The van der Waals surface area contributed by atoms with Crippen LogP contribution < -0.4 is 5.14 Å². The Kier molecular flexibility index (Phi) is 5.90. The minimum atomic E-state index is -3.53. The molecule has 0 aromatic heterocycles. The third kappa shape index (κ3) is 6.13. The van der Waals surface area contributed by atoms with Gasteiger partial charge < -0.3 is 4.74 Å². The van der Waals surface area contributed by atoms with Gasteiger partial charge in [0.2, 0.25) is 10.0 Å². The van der Waals surface area contributed by atoms with E-state index in [4.69, 9.17) is 9.88 Å². The number of hydrogen-bond acceptors (Lipinski definition) is 3. The minimum Gasteiger partial charge on any atom is -0.376 e. The number of ether oxygens (including phenoxy) is 1. The highest BCUT2D eigenvalue weighted by Crippen LogP contribution is 2.15. The van der Waals surface area contributed by atoms with Crippen LogP contribution in [-0.4, -0.2) is 20.8 Å². The fraction of sp³-hybridized carbons (Fsp3) is 0.538. The molecule has 0 radical (unpaired) electrons. The maximum absolute atomic E-state index is 13.3. The summed E-state index contributed by atoms with van der Waals surface area (Å²) in [7, 11) is -3.53. The molecule has 1 rings (SSSR count). The monoisotopic (exact) mass is 289 g/mol. The van der Waals surface area contributed by atoms with Crippen LogP contribution in [0.15, 0.2) is 24.3 Å². The fourth-order valence-electron chi connectivity index (χ4n) is 1.67. The van der Waals surface area contributed by atoms with E-state index in [-0.39, 0.29) is 36.6 Å². The smallest absolute Gasteiger partial charge is 0.209 e. The predicted molar refractivity (Wildman–Crippen MR) is 72.4 cm³/mol. The molecule has 0 saturated carbocycles. The highest BCUT2D eigenvalue weighted by Gasteiger charge is 2.19. The summed E-state index contributed by atoms with van der Waals surface area (Å²) < 4.78 is 40.9. The Morgan fingerprint density at radius 2 is 1.95 bits per heavy atom. The standard InChI is InChI=1S/C13H20FNO3S/c1-10(2)12(9-19(15,16)17)8-18-7-11-5-3-4-6-13(11)14/h3-6,10,12H,7-9H2,1-2H3,(H2,15,16,17). The largest absolute Gasteiger partial charge is 0.376 e. The zero-order chi connectivity index (χ0) is 14.5. The zero-order valence-corrected chi connectivity index (χ0v) is 12.0. The van der Waals surface area contributed by atoms with Gasteiger partial charge in [-0.3, -0.25) is 0 Å². The van der Waals surface area contributed by atoms with Crippen LogP contribution in [0.25, 0.3) is 0 Å². The van der Waals surface area contributed by atoms with Crippen molar-refractivity contribution < 1.29 is 17.5 Å². The van der Waals surface area contributed by atoms with Crippen molar-refractivity contribution in [1.29, 1.82) is 0 Å². The van der Waals surface area contributed by atoms with Crippen molar-refractivity contribution in [2.45, 2.75) is 20.5 Å². The molecule has 0 aliphatic heterocycles. The first kappa shape index (κ1) is 16.1. The van der Waals surface area contributed by atoms with Gasteiger partial charge in [-0.25, -0.2) is 17.9 Å². The lowest BCUT2D eigenvalue weighted by Crippen LogP contribution is -2.29. The lowest BCUT2D eigenvalue weighted by atomic mass is 9.99. The molecule has 0 saturated heterocycles. The summed E-state index contributed by atoms with van der Waals surface area (Å²) in [4.78, 5) is 0. The maximum Gasteiger partial charge on any atom is 0.209 e. The summed E-state index contributed by atoms with van der Waals surface area (Å²) in [6.07, 6.45) is 0. The number of rotatable bonds is 7. The van der Waals surface area contributed by atoms with E-state index in [2.05, 4.69) is 0 Å². The van der Waals surface area contributed by atoms with E-state index in [9.17, 15) is 12.8 Å². The number of hydrogen-bond donors (Lipinski definition) is 1. The number of halogens is 1. The van der Waals surface area contributed by atoms with Gasteiger partial charge in [0, 0.05) is 5.56 Å². The Hall–Kier alpha value is -0.980. The molecule has 6 heteroatoms. The maximum atomic E-state index is 13.3. The summed E-state index contributed by atoms with van der Waals surface area (Å²) in [6, 6.07) is 6.34. The fourth-order valence-corrected chi connectivity index (χ4v) is 2.75. The molecule has 1 atom stereocenters. The summed E-state index contributed by atoms with van der Waals surface area (Å²) in [5.74, 6) is -0.516. The van der Waals surface area contributed by atoms with Crippen LogP contribution in [0.1, 0.15) is 19.4 Å². The molecule has 0 amide bonds. The SMILES string of the molecule is CC(C)C(COCc1ccccc1F)CS(N)(=O)=O. The average molecular weight is 289 g/mol. The van der Waals surface area contributed by atoms with Crippen LogP contribution in [0, 0.1) is 17.7 Å². The Bertz CT molecular complexity index is 502. The molecule has 0 spiro atoms.